The van der Waals surface area contributed by atoms with Gasteiger partial charge in [0.15, 0.2) is 6.61 Å². The van der Waals surface area contributed by atoms with E-state index in [9.17, 15) is 18.0 Å². The highest BCUT2D eigenvalue weighted by Crippen LogP contribution is 2.23. The second-order valence-corrected chi connectivity index (χ2v) is 9.13. The Morgan fingerprint density at radius 1 is 1.27 bits per heavy atom. The van der Waals surface area contributed by atoms with Crippen molar-refractivity contribution in [3.63, 3.8) is 0 Å². The topological polar surface area (TPSA) is 84.0 Å². The van der Waals surface area contributed by atoms with Gasteiger partial charge in [-0.05, 0) is 37.0 Å². The molecule has 1 heterocycles. The fourth-order valence-corrected chi connectivity index (χ4v) is 3.71. The molecule has 1 aliphatic rings. The van der Waals surface area contributed by atoms with Crippen LogP contribution in [0, 0.1) is 5.92 Å². The highest BCUT2D eigenvalue weighted by molar-refractivity contribution is 7.89. The number of sulfonamides is 1. The first-order chi connectivity index (χ1) is 12.1. The number of hydrogen-bond donors (Lipinski definition) is 0. The molecule has 26 heavy (non-hydrogen) atoms. The van der Waals surface area contributed by atoms with Crippen LogP contribution in [-0.2, 0) is 19.6 Å². The van der Waals surface area contributed by atoms with Crippen LogP contribution >= 0.6 is 11.6 Å². The first-order valence-corrected chi connectivity index (χ1v) is 10.1. The molecule has 1 aromatic carbocycles. The summed E-state index contributed by atoms with van der Waals surface area (Å²) in [7, 11) is -0.934. The van der Waals surface area contributed by atoms with Crippen LogP contribution in [0.15, 0.2) is 23.1 Å². The molecule has 0 spiro atoms. The zero-order valence-corrected chi connectivity index (χ0v) is 16.6. The van der Waals surface area contributed by atoms with Gasteiger partial charge in [-0.1, -0.05) is 18.5 Å². The number of carbonyl (C=O) groups excluding carboxylic acids is 2. The van der Waals surface area contributed by atoms with E-state index in [2.05, 4.69) is 6.92 Å². The number of nitrogens with zero attached hydrogens (tertiary/aromatic N) is 2. The minimum Gasteiger partial charge on any atom is -0.452 e. The van der Waals surface area contributed by atoms with Gasteiger partial charge in [0.1, 0.15) is 0 Å². The Bertz CT molecular complexity index is 786. The van der Waals surface area contributed by atoms with Crippen LogP contribution in [0.4, 0.5) is 0 Å². The standard InChI is InChI=1S/C17H23ClN2O5S/c1-12-6-8-20(9-7-12)16(21)11-25-17(22)14-10-13(4-5-15(14)18)26(23,24)19(2)3/h4-5,10,12H,6-9,11H2,1-3H3. The molecule has 0 saturated carbocycles. The number of likely N-dealkylation sites (tertiary alicyclic amines) is 1. The summed E-state index contributed by atoms with van der Waals surface area (Å²) in [5, 5.41) is 0.0620. The summed E-state index contributed by atoms with van der Waals surface area (Å²) >= 11 is 6.00. The fraction of sp³-hybridized carbons (Fsp3) is 0.529. The van der Waals surface area contributed by atoms with Gasteiger partial charge in [-0.25, -0.2) is 17.5 Å². The van der Waals surface area contributed by atoms with Crippen LogP contribution in [0.3, 0.4) is 0 Å². The predicted molar refractivity (Wildman–Crippen MR) is 97.6 cm³/mol. The van der Waals surface area contributed by atoms with Crippen molar-refractivity contribution < 1.29 is 22.7 Å². The summed E-state index contributed by atoms with van der Waals surface area (Å²) in [6, 6.07) is 3.80. The van der Waals surface area contributed by atoms with E-state index in [1.807, 2.05) is 0 Å². The SMILES string of the molecule is CC1CCN(C(=O)COC(=O)c2cc(S(=O)(=O)N(C)C)ccc2Cl)CC1. The molecule has 0 atom stereocenters. The van der Waals surface area contributed by atoms with Gasteiger partial charge in [-0.15, -0.1) is 0 Å². The summed E-state index contributed by atoms with van der Waals surface area (Å²) in [5.41, 5.74) is -0.0883. The molecule has 0 unspecified atom stereocenters. The van der Waals surface area contributed by atoms with Crippen LogP contribution in [-0.4, -0.2) is 63.3 Å². The number of esters is 1. The van der Waals surface area contributed by atoms with E-state index in [0.29, 0.717) is 19.0 Å². The van der Waals surface area contributed by atoms with E-state index in [1.54, 1.807) is 4.90 Å². The maximum Gasteiger partial charge on any atom is 0.340 e. The molecule has 7 nitrogen and oxygen atoms in total. The van der Waals surface area contributed by atoms with Crippen molar-refractivity contribution in [3.8, 4) is 0 Å². The minimum absolute atomic E-state index is 0.0620. The quantitative estimate of drug-likeness (QED) is 0.703. The van der Waals surface area contributed by atoms with Gasteiger partial charge in [0.25, 0.3) is 5.91 Å². The van der Waals surface area contributed by atoms with Crippen LogP contribution < -0.4 is 0 Å². The van der Waals surface area contributed by atoms with Gasteiger partial charge in [-0.3, -0.25) is 4.79 Å². The molecule has 0 radical (unpaired) electrons. The molecule has 144 valence electrons. The largest absolute Gasteiger partial charge is 0.452 e. The summed E-state index contributed by atoms with van der Waals surface area (Å²) < 4.78 is 30.5. The first kappa shape index (κ1) is 20.7. The van der Waals surface area contributed by atoms with Crippen molar-refractivity contribution in [2.24, 2.45) is 5.92 Å². The maximum atomic E-state index is 12.3. The van der Waals surface area contributed by atoms with Gasteiger partial charge in [0, 0.05) is 27.2 Å². The zero-order valence-electron chi connectivity index (χ0n) is 15.1. The number of carbonyl (C=O) groups is 2. The minimum atomic E-state index is -3.71. The highest BCUT2D eigenvalue weighted by Gasteiger charge is 2.24. The maximum absolute atomic E-state index is 12.3. The van der Waals surface area contributed by atoms with Crippen molar-refractivity contribution in [3.05, 3.63) is 28.8 Å². The van der Waals surface area contributed by atoms with E-state index in [0.717, 1.165) is 23.2 Å². The molecule has 0 aliphatic carbocycles. The predicted octanol–water partition coefficient (Wildman–Crippen LogP) is 2.01. The lowest BCUT2D eigenvalue weighted by atomic mass is 9.99. The Morgan fingerprint density at radius 2 is 1.88 bits per heavy atom. The average molecular weight is 403 g/mol. The molecule has 0 bridgehead atoms. The fourth-order valence-electron chi connectivity index (χ4n) is 2.59. The lowest BCUT2D eigenvalue weighted by molar-refractivity contribution is -0.135. The summed E-state index contributed by atoms with van der Waals surface area (Å²) in [4.78, 5) is 26.0. The number of benzene rings is 1. The van der Waals surface area contributed by atoms with E-state index in [1.165, 1.54) is 26.2 Å². The number of rotatable bonds is 5. The molecule has 9 heteroatoms. The Hall–Kier alpha value is -1.64. The molecule has 1 amide bonds. The summed E-state index contributed by atoms with van der Waals surface area (Å²) in [6.45, 7) is 3.04. The van der Waals surface area contributed by atoms with E-state index < -0.39 is 22.6 Å². The Kier molecular flexibility index (Phi) is 6.65. The Balaban J connectivity index is 2.06. The molecule has 0 aromatic heterocycles. The van der Waals surface area contributed by atoms with Crippen molar-refractivity contribution in [1.82, 2.24) is 9.21 Å². The molecular weight excluding hydrogens is 380 g/mol. The van der Waals surface area contributed by atoms with Crippen LogP contribution in [0.1, 0.15) is 30.1 Å². The first-order valence-electron chi connectivity index (χ1n) is 8.30. The third-order valence-electron chi connectivity index (χ3n) is 4.40. The number of amides is 1. The van der Waals surface area contributed by atoms with E-state index in [-0.39, 0.29) is 21.4 Å². The second-order valence-electron chi connectivity index (χ2n) is 6.57. The number of halogens is 1. The lowest BCUT2D eigenvalue weighted by Crippen LogP contribution is -2.40. The second kappa shape index (κ2) is 8.37. The van der Waals surface area contributed by atoms with Crippen LogP contribution in [0.25, 0.3) is 0 Å². The monoisotopic (exact) mass is 402 g/mol. The number of ether oxygens (including phenoxy) is 1. The van der Waals surface area contributed by atoms with Crippen molar-refractivity contribution in [1.29, 1.82) is 0 Å². The van der Waals surface area contributed by atoms with Gasteiger partial charge < -0.3 is 9.64 Å². The van der Waals surface area contributed by atoms with Gasteiger partial charge >= 0.3 is 5.97 Å². The normalized spacial score (nSPS) is 16.0. The summed E-state index contributed by atoms with van der Waals surface area (Å²) in [5.74, 6) is -0.509. The van der Waals surface area contributed by atoms with E-state index >= 15 is 0 Å². The van der Waals surface area contributed by atoms with E-state index in [4.69, 9.17) is 16.3 Å². The Morgan fingerprint density at radius 3 is 2.46 bits per heavy atom. The lowest BCUT2D eigenvalue weighted by Gasteiger charge is -2.30. The Labute approximate surface area is 158 Å². The van der Waals surface area contributed by atoms with Crippen molar-refractivity contribution in [2.45, 2.75) is 24.7 Å². The van der Waals surface area contributed by atoms with Crippen molar-refractivity contribution in [2.75, 3.05) is 33.8 Å². The molecule has 1 saturated heterocycles. The molecule has 1 fully saturated rings. The summed E-state index contributed by atoms with van der Waals surface area (Å²) in [6.07, 6.45) is 1.85. The van der Waals surface area contributed by atoms with Gasteiger partial charge in [0.05, 0.1) is 15.5 Å². The molecule has 0 N–H and O–H groups in total. The molecule has 2 rings (SSSR count). The number of piperidine rings is 1. The molecule has 1 aliphatic heterocycles. The van der Waals surface area contributed by atoms with Crippen LogP contribution in [0.5, 0.6) is 0 Å². The molecule has 1 aromatic rings. The smallest absolute Gasteiger partial charge is 0.340 e. The zero-order chi connectivity index (χ0) is 19.5. The third kappa shape index (κ3) is 4.75. The average Bonchev–Trinajstić information content (AvgIpc) is 2.60. The van der Waals surface area contributed by atoms with Gasteiger partial charge in [-0.2, -0.15) is 0 Å². The van der Waals surface area contributed by atoms with Gasteiger partial charge in [0.2, 0.25) is 10.0 Å². The van der Waals surface area contributed by atoms with Crippen molar-refractivity contribution >= 4 is 33.5 Å². The molecular formula is C17H23ClN2O5S. The third-order valence-corrected chi connectivity index (χ3v) is 6.54. The van der Waals surface area contributed by atoms with Crippen LogP contribution in [0.2, 0.25) is 5.02 Å². The number of hydrogen-bond acceptors (Lipinski definition) is 5. The highest BCUT2D eigenvalue weighted by atomic mass is 35.5.